The standard InChI is InChI=1S/C55H35N3SSi/c56-36-37-32-39(58-51-27-13-9-22-45(51)48-35-38(30-31-52(48)58)57-49-25-11-7-20-43(49)44-21-8-12-26-50(44)57)34-42(33-37)60(40-16-3-1-4-17-40,41-18-5-2-6-19-41)54-29-15-24-47-46-23-10-14-28-53(46)59-55(47)54/h1-35H. The normalized spacial score (nSPS) is 12.0. The molecule has 3 aromatic heterocycles. The minimum absolute atomic E-state index is 0.641. The number of hydrogen-bond acceptors (Lipinski definition) is 2. The Morgan fingerprint density at radius 2 is 0.900 bits per heavy atom. The maximum Gasteiger partial charge on any atom is 0.181 e. The summed E-state index contributed by atoms with van der Waals surface area (Å²) < 4.78 is 7.34. The van der Waals surface area contributed by atoms with Crippen molar-refractivity contribution in [3.05, 3.63) is 218 Å². The van der Waals surface area contributed by atoms with Gasteiger partial charge in [-0.05, 0) is 81.4 Å². The van der Waals surface area contributed by atoms with Gasteiger partial charge >= 0.3 is 0 Å². The lowest BCUT2D eigenvalue weighted by Crippen LogP contribution is -2.74. The molecule has 12 aromatic rings. The highest BCUT2D eigenvalue weighted by atomic mass is 32.1. The summed E-state index contributed by atoms with van der Waals surface area (Å²) in [6.07, 6.45) is 0. The minimum atomic E-state index is -3.11. The second-order valence-corrected chi connectivity index (χ2v) is 20.4. The van der Waals surface area contributed by atoms with Crippen LogP contribution < -0.4 is 20.7 Å². The predicted octanol–water partition coefficient (Wildman–Crippen LogP) is 11.5. The van der Waals surface area contributed by atoms with Crippen LogP contribution in [0.25, 0.3) is 75.2 Å². The third kappa shape index (κ3) is 4.99. The first-order valence-electron chi connectivity index (χ1n) is 20.3. The fourth-order valence-corrected chi connectivity index (χ4v) is 16.6. The van der Waals surface area contributed by atoms with Gasteiger partial charge in [-0.15, -0.1) is 11.3 Å². The number of para-hydroxylation sites is 3. The van der Waals surface area contributed by atoms with Crippen LogP contribution >= 0.6 is 11.3 Å². The highest BCUT2D eigenvalue weighted by Gasteiger charge is 2.43. The van der Waals surface area contributed by atoms with E-state index < -0.39 is 8.07 Å². The summed E-state index contributed by atoms with van der Waals surface area (Å²) in [4.78, 5) is 0. The third-order valence-corrected chi connectivity index (χ3v) is 18.6. The summed E-state index contributed by atoms with van der Waals surface area (Å²) in [5.41, 5.74) is 7.31. The van der Waals surface area contributed by atoms with E-state index in [0.717, 1.165) is 22.4 Å². The molecule has 60 heavy (non-hydrogen) atoms. The largest absolute Gasteiger partial charge is 0.309 e. The molecule has 0 N–H and O–H groups in total. The number of fused-ring (bicyclic) bond motifs is 9. The van der Waals surface area contributed by atoms with Gasteiger partial charge in [0, 0.05) is 53.1 Å². The molecule has 0 unspecified atom stereocenters. The Kier molecular flexibility index (Phi) is 7.79. The number of thiophene rings is 1. The van der Waals surface area contributed by atoms with Gasteiger partial charge in [0.2, 0.25) is 0 Å². The molecule has 0 spiro atoms. The van der Waals surface area contributed by atoms with Crippen molar-refractivity contribution in [1.82, 2.24) is 9.13 Å². The Labute approximate surface area is 351 Å². The van der Waals surface area contributed by atoms with Crippen LogP contribution in [0.1, 0.15) is 5.56 Å². The van der Waals surface area contributed by atoms with E-state index in [-0.39, 0.29) is 0 Å². The Hall–Kier alpha value is -7.49. The third-order valence-electron chi connectivity index (χ3n) is 12.5. The lowest BCUT2D eigenvalue weighted by molar-refractivity contribution is 1.16. The SMILES string of the molecule is N#Cc1cc(-n2c3ccccc3c3cc(-n4c5ccccc5c5ccccc54)ccc32)cc([Si](c2ccccc2)(c2ccccc2)c2cccc3c2sc2ccccc23)c1. The van der Waals surface area contributed by atoms with Gasteiger partial charge in [-0.3, -0.25) is 0 Å². The van der Waals surface area contributed by atoms with Crippen LogP contribution in [0.2, 0.25) is 0 Å². The van der Waals surface area contributed by atoms with Crippen LogP contribution in [0.15, 0.2) is 212 Å². The van der Waals surface area contributed by atoms with Gasteiger partial charge in [-0.1, -0.05) is 152 Å². The van der Waals surface area contributed by atoms with Gasteiger partial charge in [0.05, 0.1) is 33.7 Å². The highest BCUT2D eigenvalue weighted by molar-refractivity contribution is 7.30. The Morgan fingerprint density at radius 3 is 1.53 bits per heavy atom. The van der Waals surface area contributed by atoms with E-state index in [1.54, 1.807) is 0 Å². The molecule has 280 valence electrons. The lowest BCUT2D eigenvalue weighted by atomic mass is 10.1. The van der Waals surface area contributed by atoms with Crippen molar-refractivity contribution in [2.75, 3.05) is 0 Å². The first-order chi connectivity index (χ1) is 29.7. The lowest BCUT2D eigenvalue weighted by Gasteiger charge is -2.35. The summed E-state index contributed by atoms with van der Waals surface area (Å²) in [5.74, 6) is 0. The molecule has 0 atom stereocenters. The summed E-state index contributed by atoms with van der Waals surface area (Å²) in [7, 11) is -3.11. The monoisotopic (exact) mass is 797 g/mol. The molecule has 0 aliphatic carbocycles. The van der Waals surface area contributed by atoms with E-state index in [1.165, 1.54) is 73.5 Å². The van der Waals surface area contributed by atoms with Crippen LogP contribution in [0.3, 0.4) is 0 Å². The van der Waals surface area contributed by atoms with Crippen LogP contribution in [0.4, 0.5) is 0 Å². The minimum Gasteiger partial charge on any atom is -0.309 e. The predicted molar refractivity (Wildman–Crippen MR) is 256 cm³/mol. The summed E-state index contributed by atoms with van der Waals surface area (Å²) >= 11 is 1.88. The summed E-state index contributed by atoms with van der Waals surface area (Å²) in [6, 6.07) is 79.9. The molecule has 0 bridgehead atoms. The van der Waals surface area contributed by atoms with Gasteiger partial charge in [-0.25, -0.2) is 0 Å². The molecule has 0 saturated heterocycles. The molecule has 3 nitrogen and oxygen atoms in total. The molecule has 3 heterocycles. The van der Waals surface area contributed by atoms with E-state index in [1.807, 2.05) is 11.3 Å². The quantitative estimate of drug-likeness (QED) is 0.122. The highest BCUT2D eigenvalue weighted by Crippen LogP contribution is 2.38. The number of benzene rings is 9. The molecular weight excluding hydrogens is 763 g/mol. The van der Waals surface area contributed by atoms with Crippen LogP contribution in [0, 0.1) is 11.3 Å². The van der Waals surface area contributed by atoms with E-state index in [2.05, 4.69) is 228 Å². The molecule has 0 aliphatic rings. The molecular formula is C55H35N3SSi. The maximum atomic E-state index is 10.9. The fourth-order valence-electron chi connectivity index (χ4n) is 9.99. The van der Waals surface area contributed by atoms with E-state index in [4.69, 9.17) is 0 Å². The summed E-state index contributed by atoms with van der Waals surface area (Å²) in [6.45, 7) is 0. The molecule has 0 aliphatic heterocycles. The second kappa shape index (κ2) is 13.5. The van der Waals surface area contributed by atoms with Crippen molar-refractivity contribution in [1.29, 1.82) is 5.26 Å². The van der Waals surface area contributed by atoms with Crippen LogP contribution in [-0.2, 0) is 0 Å². The van der Waals surface area contributed by atoms with Crippen molar-refractivity contribution in [3.63, 3.8) is 0 Å². The zero-order valence-electron chi connectivity index (χ0n) is 32.5. The topological polar surface area (TPSA) is 33.6 Å². The number of nitrogens with zero attached hydrogens (tertiary/aromatic N) is 3. The molecule has 12 rings (SSSR count). The molecule has 0 saturated carbocycles. The van der Waals surface area contributed by atoms with Crippen molar-refractivity contribution < 1.29 is 0 Å². The first kappa shape index (κ1) is 34.5. The fraction of sp³-hybridized carbons (Fsp3) is 0. The first-order valence-corrected chi connectivity index (χ1v) is 23.1. The molecule has 0 amide bonds. The van der Waals surface area contributed by atoms with Gasteiger partial charge in [0.25, 0.3) is 0 Å². The van der Waals surface area contributed by atoms with Crippen molar-refractivity contribution in [2.45, 2.75) is 0 Å². The van der Waals surface area contributed by atoms with Crippen LogP contribution in [0.5, 0.6) is 0 Å². The Balaban J connectivity index is 1.16. The average molecular weight is 798 g/mol. The number of rotatable bonds is 6. The zero-order chi connectivity index (χ0) is 39.8. The molecule has 0 radical (unpaired) electrons. The van der Waals surface area contributed by atoms with Gasteiger partial charge in [-0.2, -0.15) is 5.26 Å². The summed E-state index contributed by atoms with van der Waals surface area (Å²) in [5, 5.41) is 23.4. The van der Waals surface area contributed by atoms with Gasteiger partial charge < -0.3 is 9.13 Å². The van der Waals surface area contributed by atoms with Gasteiger partial charge in [0.1, 0.15) is 0 Å². The zero-order valence-corrected chi connectivity index (χ0v) is 34.3. The molecule has 9 aromatic carbocycles. The average Bonchev–Trinajstić information content (AvgIpc) is 3.98. The van der Waals surface area contributed by atoms with Crippen molar-refractivity contribution in [2.24, 2.45) is 0 Å². The smallest absolute Gasteiger partial charge is 0.181 e. The van der Waals surface area contributed by atoms with Crippen LogP contribution in [-0.4, -0.2) is 17.2 Å². The molecule has 0 fully saturated rings. The molecule has 5 heteroatoms. The number of hydrogen-bond donors (Lipinski definition) is 0. The van der Waals surface area contributed by atoms with Crippen molar-refractivity contribution >= 4 is 104 Å². The van der Waals surface area contributed by atoms with Crippen molar-refractivity contribution in [3.8, 4) is 17.4 Å². The second-order valence-electron chi connectivity index (χ2n) is 15.6. The van der Waals surface area contributed by atoms with E-state index in [9.17, 15) is 5.26 Å². The number of aromatic nitrogens is 2. The van der Waals surface area contributed by atoms with E-state index in [0.29, 0.717) is 5.56 Å². The Morgan fingerprint density at radius 1 is 0.383 bits per heavy atom. The van der Waals surface area contributed by atoms with Gasteiger partial charge in [0.15, 0.2) is 8.07 Å². The maximum absolute atomic E-state index is 10.9. The van der Waals surface area contributed by atoms with E-state index >= 15 is 0 Å². The number of nitriles is 1. The Bertz CT molecular complexity index is 3590.